The minimum Gasteiger partial charge on any atom is -0.430 e. The second-order valence-electron chi connectivity index (χ2n) is 10.6. The first kappa shape index (κ1) is 20.1. The molecule has 0 heterocycles. The first-order valence-electron chi connectivity index (χ1n) is 11.7. The standard InChI is InChI=1S/C26H34O4/c1-25-14-12-18(27)16-17(25)8-9-20-21-10-11-23(26(21,2)15-13-22(20)25)30-24(28)29-19-6-4-3-5-7-19/h3-7,12,14,17-18,20-23,27H,8-11,13,15-16H2,1-2H3/t17-,18-,20-,21-,22-,23-,25-,26-/m0/s1. The van der Waals surface area contributed by atoms with E-state index >= 15 is 0 Å². The van der Waals surface area contributed by atoms with E-state index in [0.717, 1.165) is 25.7 Å². The van der Waals surface area contributed by atoms with E-state index in [1.54, 1.807) is 12.1 Å². The van der Waals surface area contributed by atoms with Gasteiger partial charge in [0.05, 0.1) is 6.10 Å². The summed E-state index contributed by atoms with van der Waals surface area (Å²) in [5.74, 6) is 3.08. The number of rotatable bonds is 2. The molecule has 4 nitrogen and oxygen atoms in total. The van der Waals surface area contributed by atoms with Crippen LogP contribution in [0.15, 0.2) is 42.5 Å². The third-order valence-corrected chi connectivity index (χ3v) is 9.26. The maximum absolute atomic E-state index is 12.5. The molecule has 0 saturated heterocycles. The van der Waals surface area contributed by atoms with Crippen molar-refractivity contribution in [3.8, 4) is 5.75 Å². The fourth-order valence-electron chi connectivity index (χ4n) is 7.66. The van der Waals surface area contributed by atoms with E-state index in [1.807, 2.05) is 24.3 Å². The molecule has 0 aromatic heterocycles. The second kappa shape index (κ2) is 7.40. The third kappa shape index (κ3) is 3.19. The zero-order valence-electron chi connectivity index (χ0n) is 18.1. The van der Waals surface area contributed by atoms with Crippen molar-refractivity contribution < 1.29 is 19.4 Å². The number of fused-ring (bicyclic) bond motifs is 5. The van der Waals surface area contributed by atoms with E-state index in [9.17, 15) is 9.90 Å². The Bertz CT molecular complexity index is 820. The summed E-state index contributed by atoms with van der Waals surface area (Å²) >= 11 is 0. The van der Waals surface area contributed by atoms with Gasteiger partial charge >= 0.3 is 6.16 Å². The largest absolute Gasteiger partial charge is 0.514 e. The minimum atomic E-state index is -0.574. The fraction of sp³-hybridized carbons (Fsp3) is 0.654. The highest BCUT2D eigenvalue weighted by atomic mass is 16.7. The van der Waals surface area contributed by atoms with Crippen LogP contribution in [0.4, 0.5) is 4.79 Å². The van der Waals surface area contributed by atoms with Crippen molar-refractivity contribution in [2.24, 2.45) is 34.5 Å². The highest BCUT2D eigenvalue weighted by Crippen LogP contribution is 2.65. The average molecular weight is 411 g/mol. The molecule has 1 aromatic rings. The van der Waals surface area contributed by atoms with Gasteiger partial charge in [-0.2, -0.15) is 0 Å². The SMILES string of the molecule is C[C@]12C=C[C@H](O)C[C@@H]1CC[C@@H]1[C@@H]2CC[C@]2(C)[C@@H](OC(=O)Oc3ccccc3)CC[C@@H]12. The van der Waals surface area contributed by atoms with Gasteiger partial charge in [-0.05, 0) is 86.2 Å². The quantitative estimate of drug-likeness (QED) is 0.383. The van der Waals surface area contributed by atoms with Gasteiger partial charge in [0.15, 0.2) is 0 Å². The van der Waals surface area contributed by atoms with Crippen molar-refractivity contribution >= 4 is 6.16 Å². The van der Waals surface area contributed by atoms with Crippen molar-refractivity contribution in [2.75, 3.05) is 0 Å². The molecule has 0 amide bonds. The maximum Gasteiger partial charge on any atom is 0.514 e. The van der Waals surface area contributed by atoms with Gasteiger partial charge in [0.2, 0.25) is 0 Å². The summed E-state index contributed by atoms with van der Waals surface area (Å²) in [6, 6.07) is 9.16. The fourth-order valence-corrected chi connectivity index (χ4v) is 7.66. The molecule has 0 aliphatic heterocycles. The number of aliphatic hydroxyl groups excluding tert-OH is 1. The van der Waals surface area contributed by atoms with Gasteiger partial charge < -0.3 is 14.6 Å². The number of carbonyl (C=O) groups excluding carboxylic acids is 1. The van der Waals surface area contributed by atoms with E-state index in [-0.39, 0.29) is 23.0 Å². The molecule has 5 rings (SSSR count). The summed E-state index contributed by atoms with van der Waals surface area (Å²) < 4.78 is 11.3. The van der Waals surface area contributed by atoms with Crippen molar-refractivity contribution in [1.29, 1.82) is 0 Å². The Labute approximate surface area is 179 Å². The van der Waals surface area contributed by atoms with Gasteiger partial charge in [0.25, 0.3) is 0 Å². The number of benzene rings is 1. The van der Waals surface area contributed by atoms with Gasteiger partial charge in [-0.25, -0.2) is 4.79 Å². The van der Waals surface area contributed by atoms with Crippen LogP contribution >= 0.6 is 0 Å². The Morgan fingerprint density at radius 1 is 1.03 bits per heavy atom. The number of ether oxygens (including phenoxy) is 2. The van der Waals surface area contributed by atoms with E-state index in [4.69, 9.17) is 9.47 Å². The van der Waals surface area contributed by atoms with E-state index < -0.39 is 6.16 Å². The molecule has 0 radical (unpaired) electrons. The van der Waals surface area contributed by atoms with Gasteiger partial charge in [0.1, 0.15) is 11.9 Å². The van der Waals surface area contributed by atoms with Crippen LogP contribution in [0.3, 0.4) is 0 Å². The predicted octanol–water partition coefficient (Wildman–Crippen LogP) is 5.75. The van der Waals surface area contributed by atoms with E-state index in [2.05, 4.69) is 19.9 Å². The van der Waals surface area contributed by atoms with Crippen LogP contribution in [0.2, 0.25) is 0 Å². The van der Waals surface area contributed by atoms with Crippen molar-refractivity contribution in [3.05, 3.63) is 42.5 Å². The predicted molar refractivity (Wildman–Crippen MR) is 115 cm³/mol. The molecule has 0 bridgehead atoms. The maximum atomic E-state index is 12.5. The molecule has 3 fully saturated rings. The molecule has 8 atom stereocenters. The summed E-state index contributed by atoms with van der Waals surface area (Å²) in [4.78, 5) is 12.5. The lowest BCUT2D eigenvalue weighted by Crippen LogP contribution is -2.53. The topological polar surface area (TPSA) is 55.8 Å². The number of para-hydroxylation sites is 1. The molecule has 30 heavy (non-hydrogen) atoms. The van der Waals surface area contributed by atoms with Crippen molar-refractivity contribution in [3.63, 3.8) is 0 Å². The zero-order valence-corrected chi connectivity index (χ0v) is 18.1. The molecular formula is C26H34O4. The Morgan fingerprint density at radius 2 is 1.83 bits per heavy atom. The molecule has 1 aromatic carbocycles. The summed E-state index contributed by atoms with van der Waals surface area (Å²) in [7, 11) is 0. The van der Waals surface area contributed by atoms with Crippen molar-refractivity contribution in [1.82, 2.24) is 0 Å². The summed E-state index contributed by atoms with van der Waals surface area (Å²) in [6.45, 7) is 4.77. The number of hydrogen-bond donors (Lipinski definition) is 1. The number of allylic oxidation sites excluding steroid dienone is 1. The van der Waals surface area contributed by atoms with Crippen LogP contribution in [-0.4, -0.2) is 23.5 Å². The van der Waals surface area contributed by atoms with Crippen LogP contribution in [0.5, 0.6) is 5.75 Å². The number of carbonyl (C=O) groups is 1. The third-order valence-electron chi connectivity index (χ3n) is 9.26. The van der Waals surface area contributed by atoms with Crippen LogP contribution < -0.4 is 4.74 Å². The van der Waals surface area contributed by atoms with Gasteiger partial charge in [0, 0.05) is 5.41 Å². The van der Waals surface area contributed by atoms with E-state index in [1.165, 1.54) is 19.3 Å². The molecule has 4 heteroatoms. The van der Waals surface area contributed by atoms with Crippen LogP contribution in [0.25, 0.3) is 0 Å². The normalized spacial score (nSPS) is 44.5. The lowest BCUT2D eigenvalue weighted by Gasteiger charge is -2.59. The lowest BCUT2D eigenvalue weighted by molar-refractivity contribution is -0.104. The highest BCUT2D eigenvalue weighted by Gasteiger charge is 2.60. The highest BCUT2D eigenvalue weighted by molar-refractivity contribution is 5.64. The average Bonchev–Trinajstić information content (AvgIpc) is 3.05. The van der Waals surface area contributed by atoms with E-state index in [0.29, 0.717) is 29.4 Å². The molecule has 0 unspecified atom stereocenters. The molecule has 1 N–H and O–H groups in total. The van der Waals surface area contributed by atoms with Crippen LogP contribution in [0.1, 0.15) is 58.8 Å². The van der Waals surface area contributed by atoms with Crippen LogP contribution in [-0.2, 0) is 4.74 Å². The molecule has 162 valence electrons. The first-order chi connectivity index (χ1) is 14.4. The second-order valence-corrected chi connectivity index (χ2v) is 10.6. The van der Waals surface area contributed by atoms with Crippen molar-refractivity contribution in [2.45, 2.75) is 71.0 Å². The first-order valence-corrected chi connectivity index (χ1v) is 11.7. The van der Waals surface area contributed by atoms with Gasteiger partial charge in [-0.15, -0.1) is 0 Å². The van der Waals surface area contributed by atoms with Crippen LogP contribution in [0, 0.1) is 34.5 Å². The number of hydrogen-bond acceptors (Lipinski definition) is 4. The monoisotopic (exact) mass is 410 g/mol. The number of aliphatic hydroxyl groups is 1. The molecule has 0 spiro atoms. The summed E-state index contributed by atoms with van der Waals surface area (Å²) in [5.41, 5.74) is 0.243. The van der Waals surface area contributed by atoms with Gasteiger partial charge in [-0.1, -0.05) is 44.2 Å². The Morgan fingerprint density at radius 3 is 2.63 bits per heavy atom. The minimum absolute atomic E-state index is 0.0396. The smallest absolute Gasteiger partial charge is 0.430 e. The Kier molecular flexibility index (Phi) is 4.96. The zero-order chi connectivity index (χ0) is 20.9. The lowest BCUT2D eigenvalue weighted by atomic mass is 9.46. The molecular weight excluding hydrogens is 376 g/mol. The van der Waals surface area contributed by atoms with Gasteiger partial charge in [-0.3, -0.25) is 0 Å². The summed E-state index contributed by atoms with van der Waals surface area (Å²) in [6.07, 6.45) is 11.2. The Hall–Kier alpha value is -1.81. The molecule has 4 aliphatic carbocycles. The Balaban J connectivity index is 1.31. The molecule has 4 aliphatic rings. The molecule has 3 saturated carbocycles. The summed E-state index contributed by atoms with van der Waals surface area (Å²) in [5, 5.41) is 10.1.